The molecule has 0 heteroatoms. The van der Waals surface area contributed by atoms with Crippen molar-refractivity contribution in [1.29, 1.82) is 0 Å². The highest BCUT2D eigenvalue weighted by atomic mass is 14.7. The topological polar surface area (TPSA) is 0 Å². The van der Waals surface area contributed by atoms with E-state index in [0.29, 0.717) is 11.8 Å². The van der Waals surface area contributed by atoms with Crippen LogP contribution in [0.5, 0.6) is 0 Å². The van der Waals surface area contributed by atoms with Crippen molar-refractivity contribution >= 4 is 0 Å². The van der Waals surface area contributed by atoms with Crippen LogP contribution in [0.3, 0.4) is 0 Å². The first-order chi connectivity index (χ1) is 20.0. The van der Waals surface area contributed by atoms with Gasteiger partial charge in [-0.15, -0.1) is 0 Å². The molecule has 41 heavy (non-hydrogen) atoms. The fraction of sp³-hybridized carbons (Fsp3) is 0.463. The van der Waals surface area contributed by atoms with Crippen LogP contribution in [0.1, 0.15) is 107 Å². The summed E-state index contributed by atoms with van der Waals surface area (Å²) in [5, 5.41) is 0. The summed E-state index contributed by atoms with van der Waals surface area (Å²) in [6.07, 6.45) is 19.9. The van der Waals surface area contributed by atoms with Gasteiger partial charge in [-0.05, 0) is 152 Å². The molecule has 0 unspecified atom stereocenters. The lowest BCUT2D eigenvalue weighted by molar-refractivity contribution is 0.265. The normalized spacial score (nSPS) is 30.2. The Morgan fingerprint density at radius 2 is 0.780 bits per heavy atom. The number of hydrogen-bond acceptors (Lipinski definition) is 0. The number of rotatable bonds is 8. The maximum absolute atomic E-state index is 2.72. The van der Waals surface area contributed by atoms with Crippen LogP contribution >= 0.6 is 0 Å². The Morgan fingerprint density at radius 1 is 0.415 bits per heavy atom. The van der Waals surface area contributed by atoms with Crippen LogP contribution in [0.15, 0.2) is 125 Å². The lowest BCUT2D eigenvalue weighted by Crippen LogP contribution is -2.50. The summed E-state index contributed by atoms with van der Waals surface area (Å²) in [6.45, 7) is 19.3. The highest BCUT2D eigenvalue weighted by Crippen LogP contribution is 2.78. The Hall–Kier alpha value is -2.86. The zero-order valence-electron chi connectivity index (χ0n) is 26.6. The van der Waals surface area contributed by atoms with Crippen LogP contribution in [0, 0.1) is 17.3 Å². The van der Waals surface area contributed by atoms with Gasteiger partial charge in [0.2, 0.25) is 0 Å². The summed E-state index contributed by atoms with van der Waals surface area (Å²) in [5.74, 6) is 0.899. The summed E-state index contributed by atoms with van der Waals surface area (Å²) in [7, 11) is 0. The largest absolute Gasteiger partial charge is 0.0613 e. The minimum Gasteiger partial charge on any atom is -0.0613 e. The Bertz CT molecular complexity index is 1600. The zero-order chi connectivity index (χ0) is 28.5. The second kappa shape index (κ2) is 8.59. The first kappa shape index (κ1) is 25.8. The third kappa shape index (κ3) is 2.59. The summed E-state index contributed by atoms with van der Waals surface area (Å²) >= 11 is 0. The molecule has 0 aromatic rings. The molecule has 8 aliphatic rings. The van der Waals surface area contributed by atoms with Crippen molar-refractivity contribution in [3.05, 3.63) is 125 Å². The van der Waals surface area contributed by atoms with E-state index in [1.54, 1.807) is 100 Å². The Balaban J connectivity index is 1.62. The highest BCUT2D eigenvalue weighted by molar-refractivity contribution is 5.89. The molecular formula is C41H46. The average molecular weight is 539 g/mol. The highest BCUT2D eigenvalue weighted by Gasteiger charge is 2.67. The van der Waals surface area contributed by atoms with Crippen LogP contribution in [0.25, 0.3) is 0 Å². The van der Waals surface area contributed by atoms with Gasteiger partial charge in [0.15, 0.2) is 0 Å². The van der Waals surface area contributed by atoms with Gasteiger partial charge >= 0.3 is 0 Å². The van der Waals surface area contributed by atoms with Gasteiger partial charge in [-0.2, -0.15) is 0 Å². The van der Waals surface area contributed by atoms with Crippen molar-refractivity contribution in [2.24, 2.45) is 17.3 Å². The van der Waals surface area contributed by atoms with E-state index in [1.165, 1.54) is 0 Å². The predicted octanol–water partition coefficient (Wildman–Crippen LogP) is 11.4. The first-order valence-electron chi connectivity index (χ1n) is 17.0. The van der Waals surface area contributed by atoms with Gasteiger partial charge in [0.25, 0.3) is 0 Å². The summed E-state index contributed by atoms with van der Waals surface area (Å²) in [6, 6.07) is 0. The molecule has 0 bridgehead atoms. The monoisotopic (exact) mass is 538 g/mol. The van der Waals surface area contributed by atoms with Gasteiger partial charge in [0, 0.05) is 17.3 Å². The molecule has 210 valence electrons. The predicted molar refractivity (Wildman–Crippen MR) is 173 cm³/mol. The average Bonchev–Trinajstić information content (AvgIpc) is 3.69. The second-order valence-corrected chi connectivity index (χ2v) is 13.2. The first-order valence-corrected chi connectivity index (χ1v) is 17.0. The minimum atomic E-state index is -0.0129. The van der Waals surface area contributed by atoms with Gasteiger partial charge < -0.3 is 0 Å². The number of hydrogen-bond donors (Lipinski definition) is 0. The smallest absolute Gasteiger partial charge is 0.0445 e. The molecule has 0 radical (unpaired) electrons. The van der Waals surface area contributed by atoms with Crippen LogP contribution in [-0.4, -0.2) is 0 Å². The zero-order valence-corrected chi connectivity index (χ0v) is 26.6. The van der Waals surface area contributed by atoms with E-state index in [-0.39, 0.29) is 5.41 Å². The Kier molecular flexibility index (Phi) is 5.41. The second-order valence-electron chi connectivity index (χ2n) is 13.2. The van der Waals surface area contributed by atoms with Gasteiger partial charge in [-0.25, -0.2) is 0 Å². The van der Waals surface area contributed by atoms with Crippen LogP contribution in [0.4, 0.5) is 0 Å². The van der Waals surface area contributed by atoms with E-state index >= 15 is 0 Å². The van der Waals surface area contributed by atoms with E-state index in [4.69, 9.17) is 0 Å². The van der Waals surface area contributed by atoms with E-state index in [0.717, 1.165) is 51.4 Å². The van der Waals surface area contributed by atoms with Crippen molar-refractivity contribution in [1.82, 2.24) is 0 Å². The van der Waals surface area contributed by atoms with Crippen molar-refractivity contribution in [3.8, 4) is 0 Å². The lowest BCUT2D eigenvalue weighted by atomic mass is 9.44. The molecule has 0 heterocycles. The quantitative estimate of drug-likeness (QED) is 0.288. The molecule has 0 fully saturated rings. The van der Waals surface area contributed by atoms with Crippen molar-refractivity contribution in [2.45, 2.75) is 107 Å². The molecule has 0 aromatic heterocycles. The molecule has 8 aliphatic carbocycles. The summed E-state index contributed by atoms with van der Waals surface area (Å²) < 4.78 is 0. The fourth-order valence-electron chi connectivity index (χ4n) is 11.2. The van der Waals surface area contributed by atoms with Gasteiger partial charge in [0.05, 0.1) is 0 Å². The molecule has 0 saturated carbocycles. The maximum atomic E-state index is 2.72. The van der Waals surface area contributed by atoms with Crippen molar-refractivity contribution in [2.75, 3.05) is 0 Å². The summed E-state index contributed by atoms with van der Waals surface area (Å²) in [5.41, 5.74) is 29.8. The van der Waals surface area contributed by atoms with Crippen LogP contribution in [0.2, 0.25) is 0 Å². The third-order valence-corrected chi connectivity index (χ3v) is 12.2. The number of allylic oxidation sites excluding steroid dienone is 22. The lowest BCUT2D eigenvalue weighted by Gasteiger charge is -2.57. The Morgan fingerprint density at radius 3 is 1.12 bits per heavy atom. The van der Waals surface area contributed by atoms with E-state index in [1.807, 2.05) is 0 Å². The molecule has 0 aromatic carbocycles. The minimum absolute atomic E-state index is 0.0129. The molecular weight excluding hydrogens is 492 g/mol. The maximum Gasteiger partial charge on any atom is 0.0445 e. The van der Waals surface area contributed by atoms with Gasteiger partial charge in [-0.1, -0.05) is 79.7 Å². The molecule has 0 nitrogen and oxygen atoms in total. The Labute approximate surface area is 248 Å². The fourth-order valence-corrected chi connectivity index (χ4v) is 11.2. The summed E-state index contributed by atoms with van der Waals surface area (Å²) in [4.78, 5) is 0. The molecule has 0 amide bonds. The molecule has 0 saturated heterocycles. The molecule has 0 atom stereocenters. The van der Waals surface area contributed by atoms with E-state index in [9.17, 15) is 0 Å². The molecule has 8 rings (SSSR count). The van der Waals surface area contributed by atoms with E-state index in [2.05, 4.69) is 79.7 Å². The SMILES string of the molecule is CCC1=C(CC)C2=C3C1=CC1=C(CC)C(CC)=C4C=C5C(CC)=C(CC)C6=C5C3(C3C(=C2)C(CC)=C(CC)C3=C6)C14. The van der Waals surface area contributed by atoms with Gasteiger partial charge in [-0.3, -0.25) is 0 Å². The molecule has 0 aliphatic heterocycles. The standard InChI is InChI=1S/C41H46/c1-9-21-22(10-2)30-18-32-25(13-5)26(14-6)34-20-36-28(16-8)27(15-7)35-19-33-24(12-4)23(11-3)31-17-29(21)37(30)41(38(31)33,39(32)34)40(35)36/h17-20,37,40H,9-16H2,1-8H3. The van der Waals surface area contributed by atoms with Gasteiger partial charge in [0.1, 0.15) is 0 Å². The molecule has 0 N–H and O–H groups in total. The van der Waals surface area contributed by atoms with Crippen LogP contribution < -0.4 is 0 Å². The van der Waals surface area contributed by atoms with Crippen molar-refractivity contribution in [3.63, 3.8) is 0 Å². The van der Waals surface area contributed by atoms with E-state index < -0.39 is 0 Å². The molecule has 1 spiro atoms. The van der Waals surface area contributed by atoms with Crippen LogP contribution in [-0.2, 0) is 0 Å². The third-order valence-electron chi connectivity index (χ3n) is 12.2. The van der Waals surface area contributed by atoms with Crippen molar-refractivity contribution < 1.29 is 0 Å².